The molecule has 1 aliphatic rings. The van der Waals surface area contributed by atoms with Gasteiger partial charge in [-0.1, -0.05) is 0 Å². The summed E-state index contributed by atoms with van der Waals surface area (Å²) in [5.41, 5.74) is 2.05. The van der Waals surface area contributed by atoms with Crippen molar-refractivity contribution in [2.45, 2.75) is 13.0 Å². The van der Waals surface area contributed by atoms with Crippen LogP contribution in [0.1, 0.15) is 11.1 Å². The predicted octanol–water partition coefficient (Wildman–Crippen LogP) is 0.915. The molecule has 1 N–H and O–H groups in total. The quantitative estimate of drug-likeness (QED) is 0.733. The molecule has 0 bridgehead atoms. The van der Waals surface area contributed by atoms with Crippen molar-refractivity contribution in [1.29, 1.82) is 0 Å². The zero-order chi connectivity index (χ0) is 10.8. The van der Waals surface area contributed by atoms with Gasteiger partial charge in [-0.2, -0.15) is 0 Å². The summed E-state index contributed by atoms with van der Waals surface area (Å²) in [6, 6.07) is 3.31. The van der Waals surface area contributed by atoms with Crippen LogP contribution in [0.4, 0.5) is 0 Å². The lowest BCUT2D eigenvalue weighted by atomic mass is 9.99. The second-order valence-electron chi connectivity index (χ2n) is 3.61. The Balaban J connectivity index is 2.43. The van der Waals surface area contributed by atoms with Crippen LogP contribution in [0.3, 0.4) is 0 Å². The van der Waals surface area contributed by atoms with Crippen LogP contribution in [0, 0.1) is 0 Å². The van der Waals surface area contributed by atoms with E-state index in [-0.39, 0.29) is 5.75 Å². The zero-order valence-electron chi connectivity index (χ0n) is 8.56. The third-order valence-electron chi connectivity index (χ3n) is 2.68. The van der Waals surface area contributed by atoms with E-state index in [1.165, 1.54) is 0 Å². The first kappa shape index (κ1) is 9.83. The number of hydrogen-bond donors (Lipinski definition) is 1. The Hall–Kier alpha value is -1.71. The molecule has 80 valence electrons. The van der Waals surface area contributed by atoms with E-state index in [2.05, 4.69) is 0 Å². The zero-order valence-corrected chi connectivity index (χ0v) is 8.56. The maximum atomic E-state index is 10.7. The summed E-state index contributed by atoms with van der Waals surface area (Å²) in [5, 5.41) is 9.46. The molecule has 0 radical (unpaired) electrons. The van der Waals surface area contributed by atoms with Crippen LogP contribution >= 0.6 is 0 Å². The second-order valence-corrected chi connectivity index (χ2v) is 3.61. The molecule has 0 fully saturated rings. The minimum absolute atomic E-state index is 0.213. The topological polar surface area (TPSA) is 49.8 Å². The first-order valence-electron chi connectivity index (χ1n) is 4.82. The van der Waals surface area contributed by atoms with Crippen LogP contribution in [0.25, 0.3) is 0 Å². The number of nitrogens with zero attached hydrogens (tertiary/aromatic N) is 1. The van der Waals surface area contributed by atoms with Gasteiger partial charge in [0.1, 0.15) is 11.5 Å². The van der Waals surface area contributed by atoms with E-state index in [0.717, 1.165) is 24.0 Å². The average Bonchev–Trinajstić information content (AvgIpc) is 2.27. The molecule has 1 aliphatic heterocycles. The van der Waals surface area contributed by atoms with Crippen LogP contribution in [0.15, 0.2) is 12.1 Å². The lowest BCUT2D eigenvalue weighted by Gasteiger charge is -2.26. The average molecular weight is 207 g/mol. The van der Waals surface area contributed by atoms with E-state index in [4.69, 9.17) is 4.74 Å². The first-order valence-corrected chi connectivity index (χ1v) is 4.82. The molecule has 0 aliphatic carbocycles. The molecule has 15 heavy (non-hydrogen) atoms. The van der Waals surface area contributed by atoms with Crippen LogP contribution in [0.2, 0.25) is 0 Å². The van der Waals surface area contributed by atoms with Gasteiger partial charge in [0, 0.05) is 24.7 Å². The van der Waals surface area contributed by atoms with Gasteiger partial charge in [-0.05, 0) is 18.1 Å². The van der Waals surface area contributed by atoms with Gasteiger partial charge in [-0.3, -0.25) is 4.79 Å². The van der Waals surface area contributed by atoms with Crippen molar-refractivity contribution in [3.05, 3.63) is 23.3 Å². The fraction of sp³-hybridized carbons (Fsp3) is 0.364. The summed E-state index contributed by atoms with van der Waals surface area (Å²) < 4.78 is 5.18. The minimum atomic E-state index is 0.213. The standard InChI is InChI=1S/C11H13NO3/c1-15-11-5-9(14)4-8-2-3-12(7-13)6-10(8)11/h4-5,7,14H,2-3,6H2,1H3. The van der Waals surface area contributed by atoms with Crippen molar-refractivity contribution in [2.75, 3.05) is 13.7 Å². The molecule has 0 atom stereocenters. The van der Waals surface area contributed by atoms with Gasteiger partial charge >= 0.3 is 0 Å². The van der Waals surface area contributed by atoms with Gasteiger partial charge in [0.15, 0.2) is 0 Å². The lowest BCUT2D eigenvalue weighted by Crippen LogP contribution is -2.29. The molecule has 0 saturated carbocycles. The number of phenolic OH excluding ortho intramolecular Hbond substituents is 1. The van der Waals surface area contributed by atoms with E-state index >= 15 is 0 Å². The number of hydrogen-bond acceptors (Lipinski definition) is 3. The molecule has 4 nitrogen and oxygen atoms in total. The van der Waals surface area contributed by atoms with E-state index in [0.29, 0.717) is 18.8 Å². The highest BCUT2D eigenvalue weighted by Gasteiger charge is 2.19. The van der Waals surface area contributed by atoms with Crippen molar-refractivity contribution in [1.82, 2.24) is 4.90 Å². The highest BCUT2D eigenvalue weighted by molar-refractivity contribution is 5.53. The minimum Gasteiger partial charge on any atom is -0.508 e. The number of carbonyl (C=O) groups is 1. The second kappa shape index (κ2) is 3.81. The first-order chi connectivity index (χ1) is 7.24. The number of carbonyl (C=O) groups excluding carboxylic acids is 1. The highest BCUT2D eigenvalue weighted by Crippen LogP contribution is 2.31. The van der Waals surface area contributed by atoms with E-state index < -0.39 is 0 Å². The van der Waals surface area contributed by atoms with Gasteiger partial charge in [0.25, 0.3) is 0 Å². The summed E-state index contributed by atoms with van der Waals surface area (Å²) >= 11 is 0. The molecule has 0 spiro atoms. The maximum Gasteiger partial charge on any atom is 0.210 e. The van der Waals surface area contributed by atoms with Crippen LogP contribution < -0.4 is 4.74 Å². The highest BCUT2D eigenvalue weighted by atomic mass is 16.5. The normalized spacial score (nSPS) is 14.6. The van der Waals surface area contributed by atoms with Crippen LogP contribution in [-0.2, 0) is 17.8 Å². The van der Waals surface area contributed by atoms with Crippen LogP contribution in [0.5, 0.6) is 11.5 Å². The Morgan fingerprint density at radius 1 is 1.53 bits per heavy atom. The maximum absolute atomic E-state index is 10.7. The molecule has 0 aromatic heterocycles. The Morgan fingerprint density at radius 3 is 3.00 bits per heavy atom. The smallest absolute Gasteiger partial charge is 0.210 e. The Labute approximate surface area is 88.1 Å². The number of amides is 1. The SMILES string of the molecule is COc1cc(O)cc2c1CN(C=O)CC2. The van der Waals surface area contributed by atoms with Gasteiger partial charge in [-0.25, -0.2) is 0 Å². The summed E-state index contributed by atoms with van der Waals surface area (Å²) in [6.07, 6.45) is 1.61. The number of methoxy groups -OCH3 is 1. The fourth-order valence-electron chi connectivity index (χ4n) is 1.91. The van der Waals surface area contributed by atoms with Crippen molar-refractivity contribution in [3.8, 4) is 11.5 Å². The molecular weight excluding hydrogens is 194 g/mol. The number of phenols is 1. The van der Waals surface area contributed by atoms with Gasteiger partial charge in [-0.15, -0.1) is 0 Å². The monoisotopic (exact) mass is 207 g/mol. The fourth-order valence-corrected chi connectivity index (χ4v) is 1.91. The molecule has 4 heteroatoms. The molecule has 1 aromatic carbocycles. The summed E-state index contributed by atoms with van der Waals surface area (Å²) in [6.45, 7) is 1.26. The van der Waals surface area contributed by atoms with Gasteiger partial charge in [0.05, 0.1) is 7.11 Å². The van der Waals surface area contributed by atoms with E-state index in [1.54, 1.807) is 24.1 Å². The predicted molar refractivity (Wildman–Crippen MR) is 54.8 cm³/mol. The summed E-state index contributed by atoms with van der Waals surface area (Å²) in [4.78, 5) is 12.4. The number of fused-ring (bicyclic) bond motifs is 1. The molecule has 0 saturated heterocycles. The Bertz CT molecular complexity index is 372. The number of ether oxygens (including phenoxy) is 1. The molecule has 2 rings (SSSR count). The molecule has 0 unspecified atom stereocenters. The van der Waals surface area contributed by atoms with Crippen molar-refractivity contribution < 1.29 is 14.6 Å². The molecule has 1 amide bonds. The summed E-state index contributed by atoms with van der Waals surface area (Å²) in [7, 11) is 1.56. The lowest BCUT2D eigenvalue weighted by molar-refractivity contribution is -0.118. The Morgan fingerprint density at radius 2 is 2.33 bits per heavy atom. The van der Waals surface area contributed by atoms with Gasteiger partial charge in [0.2, 0.25) is 6.41 Å². The molecule has 1 heterocycles. The number of benzene rings is 1. The number of rotatable bonds is 2. The van der Waals surface area contributed by atoms with Crippen LogP contribution in [-0.4, -0.2) is 30.1 Å². The number of aromatic hydroxyl groups is 1. The van der Waals surface area contributed by atoms with Crippen molar-refractivity contribution in [3.63, 3.8) is 0 Å². The third-order valence-corrected chi connectivity index (χ3v) is 2.68. The Kier molecular flexibility index (Phi) is 2.49. The van der Waals surface area contributed by atoms with Crippen molar-refractivity contribution >= 4 is 6.41 Å². The van der Waals surface area contributed by atoms with E-state index in [1.807, 2.05) is 0 Å². The summed E-state index contributed by atoms with van der Waals surface area (Å²) in [5.74, 6) is 0.863. The molecular formula is C11H13NO3. The van der Waals surface area contributed by atoms with Gasteiger partial charge < -0.3 is 14.7 Å². The van der Waals surface area contributed by atoms with E-state index in [9.17, 15) is 9.90 Å². The molecule has 1 aromatic rings. The largest absolute Gasteiger partial charge is 0.508 e. The van der Waals surface area contributed by atoms with Crippen molar-refractivity contribution in [2.24, 2.45) is 0 Å². The third kappa shape index (κ3) is 1.75.